The van der Waals surface area contributed by atoms with Crippen molar-refractivity contribution >= 4 is 28.6 Å². The predicted octanol–water partition coefficient (Wildman–Crippen LogP) is 3.33. The van der Waals surface area contributed by atoms with Gasteiger partial charge in [-0.1, -0.05) is 38.3 Å². The van der Waals surface area contributed by atoms with Crippen LogP contribution in [0.25, 0.3) is 0 Å². The van der Waals surface area contributed by atoms with Crippen molar-refractivity contribution in [2.75, 3.05) is 0 Å². The number of nitrogens with one attached hydrogen (secondary N) is 1. The second kappa shape index (κ2) is 6.55. The molecule has 0 saturated heterocycles. The van der Waals surface area contributed by atoms with Crippen molar-refractivity contribution in [2.45, 2.75) is 38.6 Å². The molecule has 2 nitrogen and oxygen atoms in total. The van der Waals surface area contributed by atoms with Crippen LogP contribution in [0.2, 0.25) is 0 Å². The van der Waals surface area contributed by atoms with Crippen LogP contribution < -0.4 is 5.32 Å². The average molecular weight is 212 g/mol. The largest absolute Gasteiger partial charge is 0.326 e. The lowest BCUT2D eigenvalue weighted by Crippen LogP contribution is -2.27. The Balaban J connectivity index is 3.53. The zero-order chi connectivity index (χ0) is 9.56. The summed E-state index contributed by atoms with van der Waals surface area (Å²) in [5.74, 6) is 0.529. The van der Waals surface area contributed by atoms with Gasteiger partial charge in [-0.15, -0.1) is 0 Å². The van der Waals surface area contributed by atoms with Gasteiger partial charge < -0.3 is 5.32 Å². The summed E-state index contributed by atoms with van der Waals surface area (Å²) < 4.78 is 0. The van der Waals surface area contributed by atoms with E-state index in [1.54, 1.807) is 0 Å². The first-order chi connectivity index (χ1) is 5.56. The van der Waals surface area contributed by atoms with Crippen LogP contribution in [0.4, 0.5) is 4.79 Å². The molecule has 0 fully saturated rings. The molecule has 0 aliphatic rings. The van der Waals surface area contributed by atoms with Gasteiger partial charge in [-0.05, 0) is 23.9 Å². The molecule has 0 saturated carbocycles. The molecular formula is C8H15Cl2NO. The van der Waals surface area contributed by atoms with E-state index in [4.69, 9.17) is 23.2 Å². The second-order valence-corrected chi connectivity index (χ2v) is 3.89. The van der Waals surface area contributed by atoms with E-state index < -0.39 is 5.37 Å². The molecular weight excluding hydrogens is 197 g/mol. The van der Waals surface area contributed by atoms with Crippen molar-refractivity contribution in [1.29, 1.82) is 0 Å². The number of carbonyl (C=O) groups excluding carboxylic acids is 1. The Labute approximate surface area is 83.6 Å². The molecule has 0 radical (unpaired) electrons. The number of hydrogen-bond donors (Lipinski definition) is 1. The first-order valence-electron chi connectivity index (χ1n) is 4.16. The first-order valence-corrected chi connectivity index (χ1v) is 4.97. The van der Waals surface area contributed by atoms with E-state index in [9.17, 15) is 4.79 Å². The van der Waals surface area contributed by atoms with Gasteiger partial charge in [0.2, 0.25) is 0 Å². The van der Waals surface area contributed by atoms with Crippen LogP contribution in [0.1, 0.15) is 33.1 Å². The lowest BCUT2D eigenvalue weighted by atomic mass is 10.0. The molecule has 0 heterocycles. The average Bonchev–Trinajstić information content (AvgIpc) is 1.84. The third kappa shape index (κ3) is 6.74. The number of carbonyl (C=O) groups is 1. The fourth-order valence-electron chi connectivity index (χ4n) is 1.15. The minimum absolute atomic E-state index is 0.337. The van der Waals surface area contributed by atoms with E-state index in [1.165, 1.54) is 0 Å². The van der Waals surface area contributed by atoms with Crippen LogP contribution in [0.15, 0.2) is 0 Å². The maximum atomic E-state index is 10.4. The van der Waals surface area contributed by atoms with Crippen LogP contribution in [-0.4, -0.2) is 10.9 Å². The molecule has 0 aliphatic carbocycles. The summed E-state index contributed by atoms with van der Waals surface area (Å²) in [6, 6.07) is 0. The number of alkyl halides is 1. The molecule has 72 valence electrons. The summed E-state index contributed by atoms with van der Waals surface area (Å²) in [4.78, 5) is 10.4. The van der Waals surface area contributed by atoms with Gasteiger partial charge in [0.1, 0.15) is 5.50 Å². The van der Waals surface area contributed by atoms with Crippen molar-refractivity contribution in [2.24, 2.45) is 5.92 Å². The second-order valence-electron chi connectivity index (χ2n) is 3.02. The predicted molar refractivity (Wildman–Crippen MR) is 52.7 cm³/mol. The fraction of sp³-hybridized carbons (Fsp3) is 0.875. The van der Waals surface area contributed by atoms with Gasteiger partial charge in [0.15, 0.2) is 0 Å². The SMILES string of the molecule is CCCC(C)CC(Cl)NC(=O)Cl. The van der Waals surface area contributed by atoms with Crippen molar-refractivity contribution in [3.05, 3.63) is 0 Å². The highest BCUT2D eigenvalue weighted by Gasteiger charge is 2.10. The minimum Gasteiger partial charge on any atom is -0.326 e. The van der Waals surface area contributed by atoms with E-state index >= 15 is 0 Å². The summed E-state index contributed by atoms with van der Waals surface area (Å²) in [5.41, 5.74) is -0.337. The Morgan fingerprint density at radius 3 is 2.58 bits per heavy atom. The van der Waals surface area contributed by atoms with Crippen molar-refractivity contribution in [3.63, 3.8) is 0 Å². The summed E-state index contributed by atoms with van der Waals surface area (Å²) >= 11 is 10.9. The lowest BCUT2D eigenvalue weighted by Gasteiger charge is -2.14. The van der Waals surface area contributed by atoms with Crippen LogP contribution in [0, 0.1) is 5.92 Å². The number of amides is 1. The monoisotopic (exact) mass is 211 g/mol. The van der Waals surface area contributed by atoms with Crippen LogP contribution in [0.5, 0.6) is 0 Å². The first kappa shape index (κ1) is 12.0. The number of hydrogen-bond acceptors (Lipinski definition) is 1. The molecule has 0 aromatic carbocycles. The molecule has 0 bridgehead atoms. The highest BCUT2D eigenvalue weighted by atomic mass is 35.5. The molecule has 12 heavy (non-hydrogen) atoms. The topological polar surface area (TPSA) is 29.1 Å². The zero-order valence-electron chi connectivity index (χ0n) is 7.44. The molecule has 0 aliphatic heterocycles. The summed E-state index contributed by atoms with van der Waals surface area (Å²) in [7, 11) is 0. The smallest absolute Gasteiger partial charge is 0.314 e. The Hall–Kier alpha value is 0.0500. The van der Waals surface area contributed by atoms with E-state index in [1.807, 2.05) is 0 Å². The molecule has 4 heteroatoms. The van der Waals surface area contributed by atoms with Gasteiger partial charge in [0.25, 0.3) is 0 Å². The highest BCUT2D eigenvalue weighted by molar-refractivity contribution is 6.63. The molecule has 2 unspecified atom stereocenters. The zero-order valence-corrected chi connectivity index (χ0v) is 8.95. The van der Waals surface area contributed by atoms with Crippen molar-refractivity contribution in [3.8, 4) is 0 Å². The Morgan fingerprint density at radius 2 is 2.17 bits per heavy atom. The third-order valence-corrected chi connectivity index (χ3v) is 2.06. The Morgan fingerprint density at radius 1 is 1.58 bits per heavy atom. The number of rotatable bonds is 5. The normalized spacial score (nSPS) is 15.3. The van der Waals surface area contributed by atoms with E-state index in [0.29, 0.717) is 5.92 Å². The maximum Gasteiger partial charge on any atom is 0.314 e. The van der Waals surface area contributed by atoms with Crippen molar-refractivity contribution in [1.82, 2.24) is 5.32 Å². The van der Waals surface area contributed by atoms with Gasteiger partial charge in [-0.3, -0.25) is 4.79 Å². The molecule has 1 N–H and O–H groups in total. The number of halogens is 2. The molecule has 2 atom stereocenters. The van der Waals surface area contributed by atoms with E-state index in [-0.39, 0.29) is 5.50 Å². The Kier molecular flexibility index (Phi) is 6.58. The molecule has 1 amide bonds. The van der Waals surface area contributed by atoms with Gasteiger partial charge in [-0.2, -0.15) is 0 Å². The quantitative estimate of drug-likeness (QED) is 0.422. The van der Waals surface area contributed by atoms with E-state index in [0.717, 1.165) is 19.3 Å². The fourth-order valence-corrected chi connectivity index (χ4v) is 1.74. The molecule has 0 rings (SSSR count). The van der Waals surface area contributed by atoms with Crippen molar-refractivity contribution < 1.29 is 4.79 Å². The molecule has 0 aromatic rings. The summed E-state index contributed by atoms with van der Waals surface area (Å²) in [5, 5.41) is 1.84. The standard InChI is InChI=1S/C8H15Cl2NO/c1-3-4-6(2)5-7(9)11-8(10)12/h6-7H,3-5H2,1-2H3,(H,11,12). The molecule has 0 aromatic heterocycles. The minimum atomic E-state index is -0.585. The van der Waals surface area contributed by atoms with Crippen LogP contribution in [-0.2, 0) is 0 Å². The van der Waals surface area contributed by atoms with Gasteiger partial charge in [0.05, 0.1) is 0 Å². The van der Waals surface area contributed by atoms with Gasteiger partial charge >= 0.3 is 5.37 Å². The van der Waals surface area contributed by atoms with Crippen LogP contribution >= 0.6 is 23.2 Å². The van der Waals surface area contributed by atoms with E-state index in [2.05, 4.69) is 19.2 Å². The third-order valence-electron chi connectivity index (χ3n) is 1.66. The summed E-state index contributed by atoms with van der Waals surface area (Å²) in [6.07, 6.45) is 3.04. The van der Waals surface area contributed by atoms with Crippen LogP contribution in [0.3, 0.4) is 0 Å². The summed E-state index contributed by atoms with van der Waals surface area (Å²) in [6.45, 7) is 4.24. The highest BCUT2D eigenvalue weighted by Crippen LogP contribution is 2.14. The van der Waals surface area contributed by atoms with Gasteiger partial charge in [-0.25, -0.2) is 0 Å². The molecule has 0 spiro atoms. The lowest BCUT2D eigenvalue weighted by molar-refractivity contribution is 0.257. The maximum absolute atomic E-state index is 10.4. The van der Waals surface area contributed by atoms with Gasteiger partial charge in [0, 0.05) is 0 Å². The Bertz CT molecular complexity index is 141.